The number of nitrogens with two attached hydrogens (primary N) is 1. The Labute approximate surface area is 129 Å². The van der Waals surface area contributed by atoms with E-state index in [1.807, 2.05) is 17.0 Å². The van der Waals surface area contributed by atoms with Gasteiger partial charge in [0.2, 0.25) is 0 Å². The summed E-state index contributed by atoms with van der Waals surface area (Å²) in [5.74, 6) is 1.20. The molecule has 0 aromatic carbocycles. The van der Waals surface area contributed by atoms with E-state index in [0.717, 1.165) is 36.4 Å². The molecule has 1 aliphatic rings. The van der Waals surface area contributed by atoms with Crippen LogP contribution in [-0.4, -0.2) is 35.7 Å². The van der Waals surface area contributed by atoms with Crippen LogP contribution in [0.3, 0.4) is 0 Å². The van der Waals surface area contributed by atoms with Gasteiger partial charge in [0, 0.05) is 19.1 Å². The summed E-state index contributed by atoms with van der Waals surface area (Å²) in [6, 6.07) is 4.13. The molecule has 1 atom stereocenters. The maximum atomic E-state index is 12.4. The number of carbonyl (C=O) groups is 1. The van der Waals surface area contributed by atoms with E-state index in [4.69, 9.17) is 5.73 Å². The summed E-state index contributed by atoms with van der Waals surface area (Å²) in [4.78, 5) is 15.2. The minimum atomic E-state index is 0. The minimum Gasteiger partial charge on any atom is -0.336 e. The minimum absolute atomic E-state index is 0. The number of likely N-dealkylation sites (tertiary alicyclic amines) is 1. The molecular weight excluding hydrogens is 300 g/mol. The molecule has 0 radical (unpaired) electrons. The van der Waals surface area contributed by atoms with Crippen molar-refractivity contribution in [3.05, 3.63) is 17.0 Å². The first-order valence-electron chi connectivity index (χ1n) is 6.48. The van der Waals surface area contributed by atoms with Gasteiger partial charge in [0.1, 0.15) is 0 Å². The van der Waals surface area contributed by atoms with Gasteiger partial charge in [-0.05, 0) is 30.7 Å². The van der Waals surface area contributed by atoms with Gasteiger partial charge in [-0.3, -0.25) is 4.79 Å². The third kappa shape index (κ3) is 4.67. The SMILES string of the molecule is CCSc1ccc(C(=O)N2CCCCC(N)C2)s1.Cl. The monoisotopic (exact) mass is 320 g/mol. The molecule has 1 aromatic heterocycles. The van der Waals surface area contributed by atoms with Crippen molar-refractivity contribution in [3.63, 3.8) is 0 Å². The predicted molar refractivity (Wildman–Crippen MR) is 85.7 cm³/mol. The Balaban J connectivity index is 0.00000180. The number of halogens is 1. The van der Waals surface area contributed by atoms with Gasteiger partial charge >= 0.3 is 0 Å². The number of thiophene rings is 1. The highest BCUT2D eigenvalue weighted by Crippen LogP contribution is 2.28. The lowest BCUT2D eigenvalue weighted by Crippen LogP contribution is -2.39. The summed E-state index contributed by atoms with van der Waals surface area (Å²) in [6.07, 6.45) is 3.23. The highest BCUT2D eigenvalue weighted by atomic mass is 35.5. The van der Waals surface area contributed by atoms with Gasteiger partial charge in [-0.25, -0.2) is 0 Å². The summed E-state index contributed by atoms with van der Waals surface area (Å²) in [7, 11) is 0. The van der Waals surface area contributed by atoms with Gasteiger partial charge in [-0.15, -0.1) is 35.5 Å². The first kappa shape index (κ1) is 16.8. The third-order valence-corrected chi connectivity index (χ3v) is 5.25. The normalized spacial score (nSPS) is 19.7. The molecule has 3 nitrogen and oxygen atoms in total. The Morgan fingerprint density at radius 1 is 1.53 bits per heavy atom. The highest BCUT2D eigenvalue weighted by Gasteiger charge is 2.22. The lowest BCUT2D eigenvalue weighted by atomic mass is 10.2. The fourth-order valence-corrected chi connectivity index (χ4v) is 4.18. The van der Waals surface area contributed by atoms with Gasteiger partial charge in [-0.2, -0.15) is 0 Å². The molecule has 6 heteroatoms. The second kappa shape index (κ2) is 8.15. The van der Waals surface area contributed by atoms with Crippen molar-refractivity contribution in [1.29, 1.82) is 0 Å². The molecule has 2 N–H and O–H groups in total. The number of nitrogens with zero attached hydrogens (tertiary/aromatic N) is 1. The molecule has 0 aliphatic carbocycles. The van der Waals surface area contributed by atoms with Crippen molar-refractivity contribution < 1.29 is 4.79 Å². The Morgan fingerprint density at radius 3 is 3.05 bits per heavy atom. The number of amides is 1. The van der Waals surface area contributed by atoms with Crippen molar-refractivity contribution in [1.82, 2.24) is 4.90 Å². The fourth-order valence-electron chi connectivity index (χ4n) is 2.17. The van der Waals surface area contributed by atoms with Crippen molar-refractivity contribution in [2.24, 2.45) is 5.73 Å². The molecule has 2 rings (SSSR count). The standard InChI is InChI=1S/C13H20N2OS2.ClH/c1-2-17-12-7-6-11(18-12)13(16)15-8-4-3-5-10(14)9-15;/h6-7,10H,2-5,8-9,14H2,1H3;1H. The number of rotatable bonds is 3. The molecule has 0 bridgehead atoms. The van der Waals surface area contributed by atoms with Crippen LogP contribution < -0.4 is 5.73 Å². The van der Waals surface area contributed by atoms with Crippen LogP contribution in [0.4, 0.5) is 0 Å². The molecule has 2 heterocycles. The third-order valence-electron chi connectivity index (χ3n) is 3.07. The van der Waals surface area contributed by atoms with Crippen molar-refractivity contribution in [3.8, 4) is 0 Å². The summed E-state index contributed by atoms with van der Waals surface area (Å²) in [5.41, 5.74) is 6.00. The summed E-state index contributed by atoms with van der Waals surface area (Å²) in [6.45, 7) is 3.67. The van der Waals surface area contributed by atoms with Crippen molar-refractivity contribution in [2.75, 3.05) is 18.8 Å². The largest absolute Gasteiger partial charge is 0.336 e. The Hall–Kier alpha value is -0.230. The number of hydrogen-bond donors (Lipinski definition) is 1. The molecule has 0 saturated carbocycles. The summed E-state index contributed by atoms with van der Waals surface area (Å²) in [5, 5.41) is 0. The van der Waals surface area contributed by atoms with Crippen LogP contribution in [0.25, 0.3) is 0 Å². The van der Waals surface area contributed by atoms with Crippen LogP contribution >= 0.6 is 35.5 Å². The fraction of sp³-hybridized carbons (Fsp3) is 0.615. The predicted octanol–water partition coefficient (Wildman–Crippen LogP) is 3.24. The Morgan fingerprint density at radius 2 is 2.32 bits per heavy atom. The van der Waals surface area contributed by atoms with E-state index in [0.29, 0.717) is 6.54 Å². The van der Waals surface area contributed by atoms with Crippen LogP contribution in [0, 0.1) is 0 Å². The molecular formula is C13H21ClN2OS2. The topological polar surface area (TPSA) is 46.3 Å². The van der Waals surface area contributed by atoms with Gasteiger partial charge in [-0.1, -0.05) is 13.3 Å². The summed E-state index contributed by atoms with van der Waals surface area (Å²) >= 11 is 3.39. The van der Waals surface area contributed by atoms with E-state index in [9.17, 15) is 4.79 Å². The maximum absolute atomic E-state index is 12.4. The van der Waals surface area contributed by atoms with E-state index >= 15 is 0 Å². The van der Waals surface area contributed by atoms with E-state index in [-0.39, 0.29) is 24.4 Å². The van der Waals surface area contributed by atoms with E-state index in [2.05, 4.69) is 6.92 Å². The average molecular weight is 321 g/mol. The van der Waals surface area contributed by atoms with Crippen LogP contribution in [0.1, 0.15) is 35.9 Å². The molecule has 108 valence electrons. The van der Waals surface area contributed by atoms with Gasteiger partial charge in [0.25, 0.3) is 5.91 Å². The number of thioether (sulfide) groups is 1. The molecule has 1 aliphatic heterocycles. The highest BCUT2D eigenvalue weighted by molar-refractivity contribution is 8.01. The maximum Gasteiger partial charge on any atom is 0.264 e. The number of carbonyl (C=O) groups excluding carboxylic acids is 1. The molecule has 1 fully saturated rings. The summed E-state index contributed by atoms with van der Waals surface area (Å²) < 4.78 is 1.22. The molecule has 1 saturated heterocycles. The van der Waals surface area contributed by atoms with E-state index in [1.54, 1.807) is 23.1 Å². The average Bonchev–Trinajstić information content (AvgIpc) is 2.70. The molecule has 19 heavy (non-hydrogen) atoms. The first-order chi connectivity index (χ1) is 8.70. The second-order valence-electron chi connectivity index (χ2n) is 4.56. The Kier molecular flexibility index (Phi) is 7.21. The van der Waals surface area contributed by atoms with Gasteiger partial charge < -0.3 is 10.6 Å². The van der Waals surface area contributed by atoms with Crippen molar-refractivity contribution in [2.45, 2.75) is 36.4 Å². The van der Waals surface area contributed by atoms with Crippen LogP contribution in [0.5, 0.6) is 0 Å². The van der Waals surface area contributed by atoms with E-state index < -0.39 is 0 Å². The van der Waals surface area contributed by atoms with Crippen molar-refractivity contribution >= 4 is 41.4 Å². The van der Waals surface area contributed by atoms with Gasteiger partial charge in [0.05, 0.1) is 9.09 Å². The zero-order valence-corrected chi connectivity index (χ0v) is 13.6. The second-order valence-corrected chi connectivity index (χ2v) is 7.21. The number of hydrogen-bond acceptors (Lipinski definition) is 4. The van der Waals surface area contributed by atoms with Crippen LogP contribution in [0.2, 0.25) is 0 Å². The molecule has 1 aromatic rings. The quantitative estimate of drug-likeness (QED) is 0.870. The molecule has 1 amide bonds. The zero-order valence-electron chi connectivity index (χ0n) is 11.1. The lowest BCUT2D eigenvalue weighted by molar-refractivity contribution is 0.0760. The molecule has 1 unspecified atom stereocenters. The lowest BCUT2D eigenvalue weighted by Gasteiger charge is -2.21. The van der Waals surface area contributed by atoms with E-state index in [1.165, 1.54) is 4.21 Å². The first-order valence-corrected chi connectivity index (χ1v) is 8.28. The van der Waals surface area contributed by atoms with Crippen LogP contribution in [0.15, 0.2) is 16.3 Å². The van der Waals surface area contributed by atoms with Crippen LogP contribution in [-0.2, 0) is 0 Å². The van der Waals surface area contributed by atoms with Gasteiger partial charge in [0.15, 0.2) is 0 Å². The zero-order chi connectivity index (χ0) is 13.0. The Bertz CT molecular complexity index is 411. The smallest absolute Gasteiger partial charge is 0.264 e. The molecule has 0 spiro atoms.